The third-order valence-corrected chi connectivity index (χ3v) is 7.79. The number of ether oxygens (including phenoxy) is 3. The Labute approximate surface area is 237 Å². The summed E-state index contributed by atoms with van der Waals surface area (Å²) in [5.41, 5.74) is 5.26. The highest BCUT2D eigenvalue weighted by atomic mass is 32.1. The van der Waals surface area contributed by atoms with Crippen LogP contribution in [0.4, 0.5) is 14.9 Å². The molecule has 2 N–H and O–H groups in total. The molecule has 0 aliphatic carbocycles. The Balaban J connectivity index is 1.20. The van der Waals surface area contributed by atoms with Crippen molar-refractivity contribution in [1.82, 2.24) is 20.3 Å². The number of amides is 2. The van der Waals surface area contributed by atoms with Gasteiger partial charge in [0.25, 0.3) is 5.91 Å². The van der Waals surface area contributed by atoms with E-state index in [2.05, 4.69) is 20.6 Å². The maximum Gasteiger partial charge on any atom is 0.411 e. The number of hydrogen-bond acceptors (Lipinski definition) is 9. The molecule has 10 nitrogen and oxygen atoms in total. The molecule has 0 unspecified atom stereocenters. The Morgan fingerprint density at radius 1 is 1.15 bits per heavy atom. The normalized spacial score (nSPS) is 14.0. The molecule has 5 aromatic rings. The lowest BCUT2D eigenvalue weighted by atomic mass is 10.1. The van der Waals surface area contributed by atoms with E-state index in [1.165, 1.54) is 24.5 Å². The molecule has 3 aromatic carbocycles. The molecule has 1 aliphatic rings. The second kappa shape index (κ2) is 10.6. The molecule has 1 atom stereocenters. The van der Waals surface area contributed by atoms with Gasteiger partial charge in [0.1, 0.15) is 17.7 Å². The van der Waals surface area contributed by atoms with Crippen LogP contribution in [0.25, 0.3) is 31.8 Å². The molecule has 0 radical (unpaired) electrons. The van der Waals surface area contributed by atoms with Crippen LogP contribution in [0.1, 0.15) is 21.5 Å². The predicted octanol–water partition coefficient (Wildman–Crippen LogP) is 5.27. The summed E-state index contributed by atoms with van der Waals surface area (Å²) in [6.45, 7) is 1.88. The first-order valence-corrected chi connectivity index (χ1v) is 13.5. The number of fused-ring (bicyclic) bond motifs is 4. The van der Waals surface area contributed by atoms with Crippen molar-refractivity contribution in [2.24, 2.45) is 0 Å². The topological polar surface area (TPSA) is 125 Å². The first kappa shape index (κ1) is 26.4. The fourth-order valence-corrected chi connectivity index (χ4v) is 5.83. The minimum atomic E-state index is -0.688. The molecule has 0 spiro atoms. The van der Waals surface area contributed by atoms with E-state index in [0.717, 1.165) is 15.8 Å². The minimum absolute atomic E-state index is 0.0800. The highest BCUT2D eigenvalue weighted by Crippen LogP contribution is 2.43. The van der Waals surface area contributed by atoms with Crippen LogP contribution in [0.3, 0.4) is 0 Å². The number of halogens is 1. The molecule has 0 saturated heterocycles. The molecular formula is C29H24FN5O5S. The number of aromatic nitrogens is 3. The fourth-order valence-electron chi connectivity index (χ4n) is 4.72. The zero-order valence-corrected chi connectivity index (χ0v) is 23.1. The van der Waals surface area contributed by atoms with Crippen LogP contribution in [0.2, 0.25) is 0 Å². The minimum Gasteiger partial charge on any atom is -0.483 e. The Hall–Kier alpha value is -4.84. The summed E-state index contributed by atoms with van der Waals surface area (Å²) < 4.78 is 32.3. The van der Waals surface area contributed by atoms with Gasteiger partial charge in [0, 0.05) is 41.9 Å². The van der Waals surface area contributed by atoms with Crippen molar-refractivity contribution in [3.05, 3.63) is 71.2 Å². The standard InChI is InChI=1S/C29H24FN5O5S/c1-14-8-18(24-21(9-14)34-23(38-3)12-32-24)28-35-22-11-20(30)25-19(26(22)41-28)10-17(40-25)13-39-29(37)33-16-6-4-15(5-7-16)27(36)31-2/h4-9,11-12,17H,10,13H2,1-3H3,(H,31,36)(H,33,37)/t17-/m1/s1. The molecule has 3 heterocycles. The summed E-state index contributed by atoms with van der Waals surface area (Å²) in [5, 5.41) is 5.83. The molecule has 0 bridgehead atoms. The van der Waals surface area contributed by atoms with Crippen molar-refractivity contribution in [2.45, 2.75) is 19.4 Å². The third kappa shape index (κ3) is 5.09. The summed E-state index contributed by atoms with van der Waals surface area (Å²) in [7, 11) is 3.08. The highest BCUT2D eigenvalue weighted by Gasteiger charge is 2.31. The number of rotatable bonds is 6. The van der Waals surface area contributed by atoms with Crippen LogP contribution in [-0.2, 0) is 11.2 Å². The van der Waals surface area contributed by atoms with Crippen LogP contribution in [-0.4, -0.2) is 53.8 Å². The number of thiazole rings is 1. The van der Waals surface area contributed by atoms with Crippen molar-refractivity contribution in [3.8, 4) is 22.2 Å². The number of nitrogens with zero attached hydrogens (tertiary/aromatic N) is 3. The molecule has 41 heavy (non-hydrogen) atoms. The summed E-state index contributed by atoms with van der Waals surface area (Å²) >= 11 is 1.43. The number of aryl methyl sites for hydroxylation is 1. The number of methoxy groups -OCH3 is 1. The first-order valence-electron chi connectivity index (χ1n) is 12.7. The van der Waals surface area contributed by atoms with E-state index in [4.69, 9.17) is 19.2 Å². The average molecular weight is 574 g/mol. The second-order valence-corrected chi connectivity index (χ2v) is 10.4. The number of benzene rings is 3. The van der Waals surface area contributed by atoms with E-state index in [0.29, 0.717) is 50.7 Å². The van der Waals surface area contributed by atoms with E-state index >= 15 is 4.39 Å². The van der Waals surface area contributed by atoms with Crippen LogP contribution in [0.5, 0.6) is 11.6 Å². The number of carbonyl (C=O) groups excluding carboxylic acids is 2. The first-order chi connectivity index (χ1) is 19.8. The molecule has 2 aromatic heterocycles. The quantitative estimate of drug-likeness (QED) is 0.281. The number of anilines is 1. The zero-order valence-electron chi connectivity index (χ0n) is 22.3. The summed E-state index contributed by atoms with van der Waals surface area (Å²) in [6.07, 6.45) is 0.660. The largest absolute Gasteiger partial charge is 0.483 e. The van der Waals surface area contributed by atoms with Crippen molar-refractivity contribution in [2.75, 3.05) is 26.1 Å². The number of nitrogens with one attached hydrogen (secondary N) is 2. The van der Waals surface area contributed by atoms with Crippen molar-refractivity contribution in [1.29, 1.82) is 0 Å². The van der Waals surface area contributed by atoms with Crippen molar-refractivity contribution >= 4 is 50.3 Å². The van der Waals surface area contributed by atoms with Gasteiger partial charge in [-0.25, -0.2) is 24.1 Å². The van der Waals surface area contributed by atoms with E-state index < -0.39 is 18.0 Å². The van der Waals surface area contributed by atoms with Crippen LogP contribution in [0, 0.1) is 12.7 Å². The van der Waals surface area contributed by atoms with Crippen LogP contribution >= 0.6 is 11.3 Å². The van der Waals surface area contributed by atoms with E-state index in [1.807, 2.05) is 19.1 Å². The SMILES string of the molecule is CNC(=O)c1ccc(NC(=O)OC[C@H]2Cc3c(c(F)cc4nc(-c5cc(C)cc6nc(OC)cnc56)sc34)O2)cc1. The second-order valence-electron chi connectivity index (χ2n) is 9.45. The van der Waals surface area contributed by atoms with Gasteiger partial charge in [-0.15, -0.1) is 11.3 Å². The molecule has 6 rings (SSSR count). The third-order valence-electron chi connectivity index (χ3n) is 6.63. The Bertz CT molecular complexity index is 1830. The lowest BCUT2D eigenvalue weighted by Crippen LogP contribution is -2.25. The van der Waals surface area contributed by atoms with Gasteiger partial charge in [-0.2, -0.15) is 0 Å². The molecule has 12 heteroatoms. The smallest absolute Gasteiger partial charge is 0.411 e. The maximum absolute atomic E-state index is 15.1. The maximum atomic E-state index is 15.1. The van der Waals surface area contributed by atoms with Crippen molar-refractivity contribution < 1.29 is 28.2 Å². The van der Waals surface area contributed by atoms with E-state index in [9.17, 15) is 9.59 Å². The van der Waals surface area contributed by atoms with Gasteiger partial charge in [0.05, 0.1) is 34.6 Å². The van der Waals surface area contributed by atoms with Gasteiger partial charge in [0.15, 0.2) is 11.6 Å². The molecule has 1 aliphatic heterocycles. The Morgan fingerprint density at radius 3 is 2.71 bits per heavy atom. The number of carbonyl (C=O) groups is 2. The van der Waals surface area contributed by atoms with Gasteiger partial charge in [-0.1, -0.05) is 0 Å². The van der Waals surface area contributed by atoms with Gasteiger partial charge in [-0.05, 0) is 48.9 Å². The van der Waals surface area contributed by atoms with Gasteiger partial charge in [-0.3, -0.25) is 10.1 Å². The monoisotopic (exact) mass is 573 g/mol. The Kier molecular flexibility index (Phi) is 6.83. The van der Waals surface area contributed by atoms with E-state index in [-0.39, 0.29) is 18.3 Å². The lowest BCUT2D eigenvalue weighted by Gasteiger charge is -2.12. The average Bonchev–Trinajstić information content (AvgIpc) is 3.60. The molecule has 2 amide bonds. The van der Waals surface area contributed by atoms with Gasteiger partial charge in [0.2, 0.25) is 5.88 Å². The van der Waals surface area contributed by atoms with Crippen LogP contribution in [0.15, 0.2) is 48.7 Å². The molecule has 0 fully saturated rings. The van der Waals surface area contributed by atoms with Crippen molar-refractivity contribution in [3.63, 3.8) is 0 Å². The molecule has 208 valence electrons. The Morgan fingerprint density at radius 2 is 1.95 bits per heavy atom. The van der Waals surface area contributed by atoms with Crippen LogP contribution < -0.4 is 20.1 Å². The van der Waals surface area contributed by atoms with Gasteiger partial charge >= 0.3 is 6.09 Å². The summed E-state index contributed by atoms with van der Waals surface area (Å²) in [4.78, 5) is 37.8. The highest BCUT2D eigenvalue weighted by molar-refractivity contribution is 7.22. The molecular weight excluding hydrogens is 549 g/mol. The zero-order chi connectivity index (χ0) is 28.7. The fraction of sp³-hybridized carbons (Fsp3) is 0.207. The summed E-state index contributed by atoms with van der Waals surface area (Å²) in [6, 6.07) is 11.6. The molecule has 0 saturated carbocycles. The number of hydrogen-bond donors (Lipinski definition) is 2. The summed E-state index contributed by atoms with van der Waals surface area (Å²) in [5.74, 6) is -0.194. The predicted molar refractivity (Wildman–Crippen MR) is 152 cm³/mol. The van der Waals surface area contributed by atoms with E-state index in [1.54, 1.807) is 37.5 Å². The van der Waals surface area contributed by atoms with Gasteiger partial charge < -0.3 is 19.5 Å². The lowest BCUT2D eigenvalue weighted by molar-refractivity contribution is 0.0963.